The van der Waals surface area contributed by atoms with E-state index in [1.165, 1.54) is 12.1 Å². The molecule has 0 aliphatic heterocycles. The highest BCUT2D eigenvalue weighted by atomic mass is 79.9. The van der Waals surface area contributed by atoms with Gasteiger partial charge in [0.2, 0.25) is 5.88 Å². The number of anilines is 1. The van der Waals surface area contributed by atoms with Gasteiger partial charge in [0.05, 0.1) is 21.7 Å². The van der Waals surface area contributed by atoms with Gasteiger partial charge in [0.15, 0.2) is 0 Å². The molecular weight excluding hydrogens is 406 g/mol. The molecular formula is C13H11Br2N3O3. The molecule has 110 valence electrons. The van der Waals surface area contributed by atoms with Crippen LogP contribution >= 0.6 is 31.9 Å². The Bertz CT molecular complexity index is 707. The highest BCUT2D eigenvalue weighted by Gasteiger charge is 2.13. The molecule has 6 nitrogen and oxygen atoms in total. The lowest BCUT2D eigenvalue weighted by atomic mass is 10.3. The van der Waals surface area contributed by atoms with Crippen molar-refractivity contribution in [3.05, 3.63) is 38.9 Å². The third-order valence-corrected chi connectivity index (χ3v) is 3.79. The Balaban J connectivity index is 2.40. The quantitative estimate of drug-likeness (QED) is 0.797. The summed E-state index contributed by atoms with van der Waals surface area (Å²) in [7, 11) is 1.56. The fourth-order valence-corrected chi connectivity index (χ4v) is 2.41. The monoisotopic (exact) mass is 415 g/mol. The van der Waals surface area contributed by atoms with Crippen LogP contribution in [0.2, 0.25) is 0 Å². The zero-order valence-electron chi connectivity index (χ0n) is 10.9. The molecule has 0 saturated heterocycles. The van der Waals surface area contributed by atoms with Crippen molar-refractivity contribution < 1.29 is 14.3 Å². The first-order valence-electron chi connectivity index (χ1n) is 5.69. The number of amides is 1. The average molecular weight is 417 g/mol. The van der Waals surface area contributed by atoms with Gasteiger partial charge in [-0.1, -0.05) is 0 Å². The first-order valence-corrected chi connectivity index (χ1v) is 7.28. The SMILES string of the molecule is COc1cc(Br)c(Oc2nc(C(N)=O)ccc2N)cc1Br. The molecule has 1 aromatic heterocycles. The van der Waals surface area contributed by atoms with Crippen LogP contribution in [0.25, 0.3) is 0 Å². The number of carbonyl (C=O) groups is 1. The smallest absolute Gasteiger partial charge is 0.267 e. The molecule has 0 spiro atoms. The first kappa shape index (κ1) is 15.6. The molecule has 0 atom stereocenters. The van der Waals surface area contributed by atoms with Crippen molar-refractivity contribution >= 4 is 43.5 Å². The number of hydrogen-bond acceptors (Lipinski definition) is 5. The van der Waals surface area contributed by atoms with Gasteiger partial charge in [0.25, 0.3) is 5.91 Å². The topological polar surface area (TPSA) is 100 Å². The first-order chi connectivity index (χ1) is 9.92. The molecule has 1 amide bonds. The van der Waals surface area contributed by atoms with Crippen molar-refractivity contribution in [2.24, 2.45) is 5.73 Å². The Labute approximate surface area is 137 Å². The number of aromatic nitrogens is 1. The lowest BCUT2D eigenvalue weighted by molar-refractivity contribution is 0.0995. The molecule has 0 unspecified atom stereocenters. The number of halogens is 2. The second kappa shape index (κ2) is 6.31. The van der Waals surface area contributed by atoms with Crippen LogP contribution in [0.15, 0.2) is 33.2 Å². The summed E-state index contributed by atoms with van der Waals surface area (Å²) >= 11 is 6.72. The molecule has 0 fully saturated rings. The molecule has 0 aliphatic rings. The van der Waals surface area contributed by atoms with Crippen LogP contribution in [0.4, 0.5) is 5.69 Å². The molecule has 0 aliphatic carbocycles. The van der Waals surface area contributed by atoms with Gasteiger partial charge in [-0.2, -0.15) is 0 Å². The van der Waals surface area contributed by atoms with Gasteiger partial charge in [-0.25, -0.2) is 4.98 Å². The van der Waals surface area contributed by atoms with Crippen molar-refractivity contribution in [3.63, 3.8) is 0 Å². The molecule has 1 aromatic carbocycles. The predicted octanol–water partition coefficient (Wildman–Crippen LogP) is 3.09. The Kier molecular flexibility index (Phi) is 4.69. The number of nitrogens with two attached hydrogens (primary N) is 2. The standard InChI is InChI=1S/C13H11Br2N3O3/c1-20-10-4-7(15)11(5-6(10)14)21-13-8(16)2-3-9(18-13)12(17)19/h2-5H,16H2,1H3,(H2,17,19). The Morgan fingerprint density at radius 2 is 1.81 bits per heavy atom. The fourth-order valence-electron chi connectivity index (χ4n) is 1.52. The van der Waals surface area contributed by atoms with Gasteiger partial charge in [-0.05, 0) is 56.1 Å². The van der Waals surface area contributed by atoms with Crippen LogP contribution in [0, 0.1) is 0 Å². The molecule has 21 heavy (non-hydrogen) atoms. The summed E-state index contributed by atoms with van der Waals surface area (Å²) in [5.74, 6) is 0.545. The van der Waals surface area contributed by atoms with E-state index in [1.807, 2.05) is 0 Å². The fraction of sp³-hybridized carbons (Fsp3) is 0.0769. The molecule has 2 aromatic rings. The highest BCUT2D eigenvalue weighted by molar-refractivity contribution is 9.11. The number of pyridine rings is 1. The minimum absolute atomic E-state index is 0.0721. The van der Waals surface area contributed by atoms with Gasteiger partial charge in [0, 0.05) is 0 Å². The Hall–Kier alpha value is -1.80. The van der Waals surface area contributed by atoms with Crippen LogP contribution in [-0.4, -0.2) is 18.0 Å². The van der Waals surface area contributed by atoms with E-state index in [1.54, 1.807) is 19.2 Å². The number of carbonyl (C=O) groups excluding carboxylic acids is 1. The maximum absolute atomic E-state index is 11.2. The summed E-state index contributed by atoms with van der Waals surface area (Å²) in [6.07, 6.45) is 0. The van der Waals surface area contributed by atoms with Gasteiger partial charge in [-0.15, -0.1) is 0 Å². The number of rotatable bonds is 4. The van der Waals surface area contributed by atoms with E-state index in [9.17, 15) is 4.79 Å². The van der Waals surface area contributed by atoms with E-state index in [4.69, 9.17) is 20.9 Å². The van der Waals surface area contributed by atoms with Crippen molar-refractivity contribution in [2.75, 3.05) is 12.8 Å². The normalized spacial score (nSPS) is 10.2. The largest absolute Gasteiger partial charge is 0.496 e. The summed E-state index contributed by atoms with van der Waals surface area (Å²) in [6.45, 7) is 0. The van der Waals surface area contributed by atoms with E-state index in [-0.39, 0.29) is 11.6 Å². The lowest BCUT2D eigenvalue weighted by Crippen LogP contribution is -2.13. The number of hydrogen-bond donors (Lipinski definition) is 2. The predicted molar refractivity (Wildman–Crippen MR) is 85.6 cm³/mol. The summed E-state index contributed by atoms with van der Waals surface area (Å²) in [5, 5.41) is 0. The van der Waals surface area contributed by atoms with Gasteiger partial charge in [0.1, 0.15) is 17.2 Å². The zero-order valence-corrected chi connectivity index (χ0v) is 14.1. The second-order valence-electron chi connectivity index (χ2n) is 3.97. The molecule has 1 heterocycles. The number of benzene rings is 1. The molecule has 2 rings (SSSR count). The highest BCUT2D eigenvalue weighted by Crippen LogP contribution is 2.38. The minimum atomic E-state index is -0.658. The average Bonchev–Trinajstić information content (AvgIpc) is 2.44. The van der Waals surface area contributed by atoms with Crippen LogP contribution < -0.4 is 20.9 Å². The molecule has 4 N–H and O–H groups in total. The summed E-state index contributed by atoms with van der Waals surface area (Å²) in [4.78, 5) is 15.1. The molecule has 8 heteroatoms. The number of nitrogen functional groups attached to an aromatic ring is 1. The van der Waals surface area contributed by atoms with E-state index < -0.39 is 5.91 Å². The third kappa shape index (κ3) is 3.45. The Morgan fingerprint density at radius 1 is 1.19 bits per heavy atom. The maximum Gasteiger partial charge on any atom is 0.267 e. The van der Waals surface area contributed by atoms with Crippen molar-refractivity contribution in [1.29, 1.82) is 0 Å². The van der Waals surface area contributed by atoms with Gasteiger partial charge in [-0.3, -0.25) is 4.79 Å². The van der Waals surface area contributed by atoms with Gasteiger partial charge < -0.3 is 20.9 Å². The number of nitrogens with zero attached hydrogens (tertiary/aromatic N) is 1. The van der Waals surface area contributed by atoms with E-state index in [0.29, 0.717) is 26.1 Å². The Morgan fingerprint density at radius 3 is 2.43 bits per heavy atom. The molecule has 0 saturated carbocycles. The summed E-state index contributed by atoms with van der Waals surface area (Å²) < 4.78 is 12.2. The van der Waals surface area contributed by atoms with Crippen LogP contribution in [-0.2, 0) is 0 Å². The van der Waals surface area contributed by atoms with Crippen molar-refractivity contribution in [3.8, 4) is 17.4 Å². The van der Waals surface area contributed by atoms with Crippen molar-refractivity contribution in [1.82, 2.24) is 4.98 Å². The third-order valence-electron chi connectivity index (χ3n) is 2.56. The van der Waals surface area contributed by atoms with Gasteiger partial charge >= 0.3 is 0 Å². The van der Waals surface area contributed by atoms with Crippen molar-refractivity contribution in [2.45, 2.75) is 0 Å². The molecule has 0 bridgehead atoms. The van der Waals surface area contributed by atoms with E-state index >= 15 is 0 Å². The number of primary amides is 1. The van der Waals surface area contributed by atoms with Crippen LogP contribution in [0.3, 0.4) is 0 Å². The second-order valence-corrected chi connectivity index (χ2v) is 5.68. The maximum atomic E-state index is 11.2. The minimum Gasteiger partial charge on any atom is -0.496 e. The zero-order chi connectivity index (χ0) is 15.6. The number of methoxy groups -OCH3 is 1. The van der Waals surface area contributed by atoms with E-state index in [0.717, 1.165) is 0 Å². The lowest BCUT2D eigenvalue weighted by Gasteiger charge is -2.12. The van der Waals surface area contributed by atoms with Crippen LogP contribution in [0.1, 0.15) is 10.5 Å². The van der Waals surface area contributed by atoms with Crippen LogP contribution in [0.5, 0.6) is 17.4 Å². The number of ether oxygens (including phenoxy) is 2. The summed E-state index contributed by atoms with van der Waals surface area (Å²) in [5.41, 5.74) is 11.3. The summed E-state index contributed by atoms with van der Waals surface area (Å²) in [6, 6.07) is 6.37. The molecule has 0 radical (unpaired) electrons. The van der Waals surface area contributed by atoms with E-state index in [2.05, 4.69) is 36.8 Å².